The highest BCUT2D eigenvalue weighted by Crippen LogP contribution is 2.27. The summed E-state index contributed by atoms with van der Waals surface area (Å²) in [6, 6.07) is 10.8. The summed E-state index contributed by atoms with van der Waals surface area (Å²) in [7, 11) is 0. The van der Waals surface area contributed by atoms with Crippen LogP contribution >= 0.6 is 0 Å². The second kappa shape index (κ2) is 20.2. The number of benzene rings is 2. The van der Waals surface area contributed by atoms with Crippen molar-refractivity contribution in [2.45, 2.75) is 123 Å². The van der Waals surface area contributed by atoms with E-state index in [0.717, 1.165) is 25.7 Å². The number of carbonyl (C=O) groups is 2. The van der Waals surface area contributed by atoms with Crippen molar-refractivity contribution in [3.8, 4) is 23.7 Å². The quantitative estimate of drug-likeness (QED) is 0.0534. The molecule has 0 unspecified atom stereocenters. The van der Waals surface area contributed by atoms with Crippen molar-refractivity contribution in [2.75, 3.05) is 13.2 Å². The lowest BCUT2D eigenvalue weighted by Gasteiger charge is -2.05. The zero-order valence-corrected chi connectivity index (χ0v) is 28.1. The lowest BCUT2D eigenvalue weighted by Crippen LogP contribution is -2.09. The predicted octanol–water partition coefficient (Wildman–Crippen LogP) is 9.91. The molecular weight excluding hydrogens is 600 g/mol. The normalized spacial score (nSPS) is 11.3. The van der Waals surface area contributed by atoms with E-state index in [1.54, 1.807) is 24.3 Å². The molecule has 2 aromatic heterocycles. The van der Waals surface area contributed by atoms with Crippen LogP contribution in [0.25, 0.3) is 22.2 Å². The molecule has 0 aliphatic heterocycles. The number of oxazole rings is 2. The Morgan fingerprint density at radius 1 is 0.553 bits per heavy atom. The number of hydrogen-bond acceptors (Lipinski definition) is 10. The van der Waals surface area contributed by atoms with Crippen molar-refractivity contribution >= 4 is 34.1 Å². The van der Waals surface area contributed by atoms with Crippen LogP contribution in [0.1, 0.15) is 123 Å². The Morgan fingerprint density at radius 2 is 0.957 bits per heavy atom. The van der Waals surface area contributed by atoms with E-state index < -0.39 is 11.9 Å². The molecule has 0 N–H and O–H groups in total. The highest BCUT2D eigenvalue weighted by atomic mass is 16.6. The first kappa shape index (κ1) is 35.8. The number of ether oxygens (including phenoxy) is 4. The first-order valence-electron chi connectivity index (χ1n) is 17.5. The van der Waals surface area contributed by atoms with Gasteiger partial charge in [-0.3, -0.25) is 9.59 Å². The topological polar surface area (TPSA) is 123 Å². The second-order valence-corrected chi connectivity index (χ2v) is 12.0. The number of unbranched alkanes of at least 4 members (excludes halogenated alkanes) is 12. The predicted molar refractivity (Wildman–Crippen MR) is 180 cm³/mol. The fourth-order valence-electron chi connectivity index (χ4n) is 5.19. The molecule has 2 aromatic carbocycles. The van der Waals surface area contributed by atoms with E-state index in [1.807, 2.05) is 12.1 Å². The van der Waals surface area contributed by atoms with Gasteiger partial charge in [-0.05, 0) is 49.9 Å². The fourth-order valence-corrected chi connectivity index (χ4v) is 5.19. The molecule has 256 valence electrons. The number of hydrogen-bond donors (Lipinski definition) is 0. The van der Waals surface area contributed by atoms with Crippen LogP contribution in [0.5, 0.6) is 23.7 Å². The van der Waals surface area contributed by atoms with Crippen molar-refractivity contribution in [1.29, 1.82) is 0 Å². The summed E-state index contributed by atoms with van der Waals surface area (Å²) in [5.41, 5.74) is 2.19. The maximum Gasteiger partial charge on any atom is 0.402 e. The van der Waals surface area contributed by atoms with E-state index in [4.69, 9.17) is 27.8 Å². The van der Waals surface area contributed by atoms with Gasteiger partial charge in [0, 0.05) is 25.0 Å². The van der Waals surface area contributed by atoms with E-state index in [1.165, 1.54) is 51.4 Å². The van der Waals surface area contributed by atoms with Gasteiger partial charge in [-0.25, -0.2) is 0 Å². The summed E-state index contributed by atoms with van der Waals surface area (Å²) in [6.45, 7) is 5.73. The van der Waals surface area contributed by atoms with Crippen molar-refractivity contribution in [2.24, 2.45) is 0 Å². The maximum absolute atomic E-state index is 12.3. The summed E-state index contributed by atoms with van der Waals surface area (Å²) in [5.74, 6) is 0.515. The Kier molecular flexibility index (Phi) is 15.4. The van der Waals surface area contributed by atoms with Gasteiger partial charge in [0.05, 0.1) is 13.2 Å². The van der Waals surface area contributed by atoms with Crippen LogP contribution < -0.4 is 18.9 Å². The van der Waals surface area contributed by atoms with Crippen molar-refractivity contribution in [3.05, 3.63) is 36.4 Å². The monoisotopic (exact) mass is 650 g/mol. The van der Waals surface area contributed by atoms with Crippen LogP contribution in [-0.2, 0) is 9.59 Å². The Hall–Kier alpha value is -4.08. The molecule has 0 saturated carbocycles. The summed E-state index contributed by atoms with van der Waals surface area (Å²) in [6.07, 6.45) is 16.3. The lowest BCUT2D eigenvalue weighted by molar-refractivity contribution is -0.136. The summed E-state index contributed by atoms with van der Waals surface area (Å²) >= 11 is 0. The van der Waals surface area contributed by atoms with Gasteiger partial charge in [0.15, 0.2) is 11.2 Å². The zero-order valence-electron chi connectivity index (χ0n) is 28.1. The van der Waals surface area contributed by atoms with E-state index in [-0.39, 0.29) is 25.0 Å². The number of carbonyl (C=O) groups excluding carboxylic acids is 2. The first-order valence-corrected chi connectivity index (χ1v) is 17.5. The molecule has 0 radical (unpaired) electrons. The van der Waals surface area contributed by atoms with Gasteiger partial charge >= 0.3 is 24.1 Å². The van der Waals surface area contributed by atoms with Gasteiger partial charge in [0.2, 0.25) is 0 Å². The van der Waals surface area contributed by atoms with Crippen molar-refractivity contribution < 1.29 is 37.4 Å². The third-order valence-electron chi connectivity index (χ3n) is 7.88. The van der Waals surface area contributed by atoms with Crippen molar-refractivity contribution in [1.82, 2.24) is 9.97 Å². The molecule has 4 aromatic rings. The molecule has 47 heavy (non-hydrogen) atoms. The molecular formula is C37H50N2O8. The van der Waals surface area contributed by atoms with Crippen LogP contribution in [0.3, 0.4) is 0 Å². The molecule has 10 heteroatoms. The fraction of sp³-hybridized carbons (Fsp3) is 0.568. The van der Waals surface area contributed by atoms with Gasteiger partial charge in [0.1, 0.15) is 22.5 Å². The summed E-state index contributed by atoms with van der Waals surface area (Å²) < 4.78 is 33.5. The van der Waals surface area contributed by atoms with Crippen molar-refractivity contribution in [3.63, 3.8) is 0 Å². The van der Waals surface area contributed by atoms with E-state index in [9.17, 15) is 9.59 Å². The minimum atomic E-state index is -0.444. The third kappa shape index (κ3) is 12.9. The van der Waals surface area contributed by atoms with Crippen LogP contribution in [0, 0.1) is 0 Å². The van der Waals surface area contributed by atoms with Crippen LogP contribution in [0.4, 0.5) is 0 Å². The van der Waals surface area contributed by atoms with Gasteiger partial charge in [0.25, 0.3) is 0 Å². The number of rotatable bonds is 24. The highest BCUT2D eigenvalue weighted by Gasteiger charge is 2.15. The molecule has 10 nitrogen and oxygen atoms in total. The molecule has 0 bridgehead atoms. The van der Waals surface area contributed by atoms with Gasteiger partial charge in [-0.2, -0.15) is 9.97 Å². The molecule has 0 fully saturated rings. The first-order chi connectivity index (χ1) is 23.0. The summed E-state index contributed by atoms with van der Waals surface area (Å²) in [5, 5.41) is 0. The van der Waals surface area contributed by atoms with Gasteiger partial charge in [-0.1, -0.05) is 84.5 Å². The van der Waals surface area contributed by atoms with Gasteiger partial charge in [-0.15, -0.1) is 0 Å². The van der Waals surface area contributed by atoms with E-state index in [0.29, 0.717) is 66.2 Å². The van der Waals surface area contributed by atoms with Crippen LogP contribution in [-0.4, -0.2) is 35.1 Å². The smallest absolute Gasteiger partial charge is 0.402 e. The van der Waals surface area contributed by atoms with Crippen LogP contribution in [0.2, 0.25) is 0 Å². The molecule has 2 heterocycles. The number of fused-ring (bicyclic) bond motifs is 2. The number of esters is 2. The standard InChI is InChI=1S/C37H50N2O8/c1-3-5-7-9-11-16-24-42-28-20-22-30-32(26-28)44-36(38-30)46-34(40)18-14-13-15-19-35(41)47-37-39-31-23-21-29(27-33(31)45-37)43-25-17-12-10-8-6-4-2/h20-23,26-27H,3-19,24-25H2,1-2H3. The number of aromatic nitrogens is 2. The molecule has 0 saturated heterocycles. The molecule has 0 aliphatic carbocycles. The lowest BCUT2D eigenvalue weighted by atomic mass is 10.1. The van der Waals surface area contributed by atoms with Gasteiger partial charge < -0.3 is 27.8 Å². The number of nitrogens with zero attached hydrogens (tertiary/aromatic N) is 2. The molecule has 0 aliphatic rings. The second-order valence-electron chi connectivity index (χ2n) is 12.0. The Balaban J connectivity index is 1.08. The Labute approximate surface area is 277 Å². The van der Waals surface area contributed by atoms with E-state index in [2.05, 4.69) is 23.8 Å². The van der Waals surface area contributed by atoms with Crippen LogP contribution in [0.15, 0.2) is 45.2 Å². The largest absolute Gasteiger partial charge is 0.493 e. The molecule has 0 spiro atoms. The average molecular weight is 651 g/mol. The average Bonchev–Trinajstić information content (AvgIpc) is 3.65. The zero-order chi connectivity index (χ0) is 33.1. The highest BCUT2D eigenvalue weighted by molar-refractivity contribution is 5.77. The maximum atomic E-state index is 12.3. The molecule has 0 atom stereocenters. The summed E-state index contributed by atoms with van der Waals surface area (Å²) in [4.78, 5) is 33.1. The van der Waals surface area contributed by atoms with E-state index >= 15 is 0 Å². The minimum Gasteiger partial charge on any atom is -0.493 e. The third-order valence-corrected chi connectivity index (χ3v) is 7.88. The Morgan fingerprint density at radius 3 is 1.40 bits per heavy atom. The molecule has 4 rings (SSSR count). The minimum absolute atomic E-state index is 0.0866. The Bertz CT molecular complexity index is 1400. The molecule has 0 amide bonds. The SMILES string of the molecule is CCCCCCCCOc1ccc2nc(OC(=O)CCCCCC(=O)Oc3nc4ccc(OCCCCCCCC)cc4o3)oc2c1.